The Kier molecular flexibility index (Phi) is 19.4. The molecular formula is C52H72N8O9+2. The van der Waals surface area contributed by atoms with Crippen molar-refractivity contribution in [1.29, 1.82) is 0 Å². The summed E-state index contributed by atoms with van der Waals surface area (Å²) in [6.07, 6.45) is 8.86. The van der Waals surface area contributed by atoms with Crippen LogP contribution in [0.15, 0.2) is 90.9 Å². The van der Waals surface area contributed by atoms with Gasteiger partial charge in [0.05, 0.1) is 70.9 Å². The number of anilines is 2. The predicted molar refractivity (Wildman–Crippen MR) is 266 cm³/mol. The molecule has 372 valence electrons. The van der Waals surface area contributed by atoms with Crippen LogP contribution < -0.4 is 19.5 Å². The lowest BCUT2D eigenvalue weighted by Crippen LogP contribution is -2.53. The number of unbranched alkanes of at least 4 members (excludes halogenated alkanes) is 2. The number of pyridine rings is 1. The number of carboxylic acids is 3. The van der Waals surface area contributed by atoms with E-state index in [-0.39, 0.29) is 45.2 Å². The first-order chi connectivity index (χ1) is 33.2. The predicted octanol–water partition coefficient (Wildman–Crippen LogP) is 4.00. The number of benzene rings is 3. The van der Waals surface area contributed by atoms with E-state index in [1.807, 2.05) is 59.3 Å². The van der Waals surface area contributed by atoms with Crippen molar-refractivity contribution in [1.82, 2.24) is 19.6 Å². The van der Waals surface area contributed by atoms with E-state index < -0.39 is 23.9 Å². The lowest BCUT2D eigenvalue weighted by molar-refractivity contribution is -0.892. The molecule has 0 saturated carbocycles. The minimum Gasteiger partial charge on any atom is -0.480 e. The van der Waals surface area contributed by atoms with Gasteiger partial charge in [-0.3, -0.25) is 38.8 Å². The van der Waals surface area contributed by atoms with E-state index in [1.165, 1.54) is 10.9 Å². The van der Waals surface area contributed by atoms with Gasteiger partial charge < -0.3 is 39.9 Å². The first kappa shape index (κ1) is 52.4. The number of aliphatic hydroxyl groups excluding tert-OH is 1. The number of aliphatic carboxylic acids is 3. The van der Waals surface area contributed by atoms with Crippen molar-refractivity contribution in [3.8, 4) is 5.75 Å². The maximum Gasteiger partial charge on any atom is 0.317 e. The minimum atomic E-state index is -1.03. The number of hydrogen-bond acceptors (Lipinski definition) is 11. The van der Waals surface area contributed by atoms with Crippen LogP contribution in [-0.2, 0) is 32.1 Å². The number of β-amino-alcohol motifs (C(OH)–C–C–N with tert-alkyl or cyclic N) is 1. The second-order valence-corrected chi connectivity index (χ2v) is 19.0. The number of ether oxygens (including phenoxy) is 1. The number of para-hydroxylation sites is 3. The zero-order chi connectivity index (χ0) is 49.3. The number of fused-ring (bicyclic) bond motifs is 2. The van der Waals surface area contributed by atoms with Crippen molar-refractivity contribution in [3.63, 3.8) is 0 Å². The number of nitrogens with zero attached hydrogens (tertiary/aromatic N) is 7. The maximum atomic E-state index is 13.0. The number of rotatable bonds is 22. The molecule has 4 aromatic rings. The van der Waals surface area contributed by atoms with Crippen molar-refractivity contribution in [2.75, 3.05) is 123 Å². The lowest BCUT2D eigenvalue weighted by atomic mass is 10.0. The molecule has 0 spiro atoms. The fourth-order valence-corrected chi connectivity index (χ4v) is 9.38. The molecular weight excluding hydrogens is 881 g/mol. The normalized spacial score (nSPS) is 17.5. The zero-order valence-corrected chi connectivity index (χ0v) is 40.5. The number of carboxylic acid groups (broad SMARTS) is 3. The van der Waals surface area contributed by atoms with E-state index in [2.05, 4.69) is 77.6 Å². The Bertz CT molecular complexity index is 2380. The maximum absolute atomic E-state index is 13.0. The largest absolute Gasteiger partial charge is 0.480 e. The first-order valence-electron chi connectivity index (χ1n) is 24.2. The van der Waals surface area contributed by atoms with Crippen LogP contribution in [0, 0.1) is 0 Å². The molecule has 1 amide bonds. The fraction of sp³-hybridized carbons (Fsp3) is 0.481. The Morgan fingerprint density at radius 1 is 0.754 bits per heavy atom. The number of aromatic nitrogens is 1. The Hall–Kier alpha value is -5.95. The van der Waals surface area contributed by atoms with Gasteiger partial charge in [-0.25, -0.2) is 0 Å². The van der Waals surface area contributed by atoms with Gasteiger partial charge >= 0.3 is 17.9 Å². The van der Waals surface area contributed by atoms with E-state index in [4.69, 9.17) is 4.74 Å². The van der Waals surface area contributed by atoms with Crippen molar-refractivity contribution in [2.24, 2.45) is 0 Å². The summed E-state index contributed by atoms with van der Waals surface area (Å²) in [7, 11) is 6.57. The van der Waals surface area contributed by atoms with Crippen LogP contribution in [0.4, 0.5) is 11.4 Å². The monoisotopic (exact) mass is 953 g/mol. The molecule has 1 saturated heterocycles. The highest BCUT2D eigenvalue weighted by Gasteiger charge is 2.28. The van der Waals surface area contributed by atoms with Crippen molar-refractivity contribution in [3.05, 3.63) is 102 Å². The number of carbonyl (C=O) groups is 4. The molecule has 1 atom stereocenters. The quantitative estimate of drug-likeness (QED) is 0.0432. The van der Waals surface area contributed by atoms with Crippen LogP contribution in [0.3, 0.4) is 0 Å². The van der Waals surface area contributed by atoms with E-state index in [0.29, 0.717) is 57.8 Å². The van der Waals surface area contributed by atoms with Gasteiger partial charge in [0.1, 0.15) is 0 Å². The lowest BCUT2D eigenvalue weighted by Gasteiger charge is -2.37. The van der Waals surface area contributed by atoms with E-state index in [9.17, 15) is 39.6 Å². The molecule has 69 heavy (non-hydrogen) atoms. The molecule has 1 fully saturated rings. The first-order valence-corrected chi connectivity index (χ1v) is 24.2. The van der Waals surface area contributed by atoms with Gasteiger partial charge in [-0.05, 0) is 67.1 Å². The van der Waals surface area contributed by atoms with Crippen LogP contribution in [-0.4, -0.2) is 187 Å². The van der Waals surface area contributed by atoms with Gasteiger partial charge in [0.25, 0.3) is 0 Å². The number of quaternary nitrogens is 1. The summed E-state index contributed by atoms with van der Waals surface area (Å²) in [4.78, 5) is 58.2. The summed E-state index contributed by atoms with van der Waals surface area (Å²) in [5.41, 5.74) is 4.90. The Morgan fingerprint density at radius 2 is 1.41 bits per heavy atom. The average molecular weight is 953 g/mol. The standard InChI is InChI=1S/C52H70N8O9/c1-54-46-14-8-9-15-47(46)69-49(54)35-41-21-23-58(45-13-7-6-12-44(41)45)22-11-32-60(2,3)31-10-4-5-16-48(62)53-42-19-17-40(18-20-42)34-43-36-57(38-51(65)66)27-26-56(37-50(63)64)25-24-55(30-33-61)28-29-59(43)39-52(67)68/h6-9,12-15,17-21,23,35,43,61H,4-5,10-11,16,22,24-34,36-39H2,1-3H3,(H2-2,53,62,63,64,65,66,67,68)/p+2. The van der Waals surface area contributed by atoms with E-state index >= 15 is 0 Å². The summed E-state index contributed by atoms with van der Waals surface area (Å²) in [5, 5.41) is 43.2. The molecule has 5 N–H and O–H groups in total. The molecule has 17 heteroatoms. The molecule has 3 aromatic carbocycles. The van der Waals surface area contributed by atoms with Crippen LogP contribution in [0.5, 0.6) is 5.75 Å². The van der Waals surface area contributed by atoms with Crippen LogP contribution in [0.25, 0.3) is 17.0 Å². The molecule has 1 aromatic heterocycles. The summed E-state index contributed by atoms with van der Waals surface area (Å²) < 4.78 is 9.41. The van der Waals surface area contributed by atoms with Crippen LogP contribution in [0.2, 0.25) is 0 Å². The van der Waals surface area contributed by atoms with E-state index in [1.54, 1.807) is 9.80 Å². The zero-order valence-electron chi connectivity index (χ0n) is 40.5. The van der Waals surface area contributed by atoms with Crippen LogP contribution >= 0.6 is 0 Å². The molecule has 6 rings (SSSR count). The third-order valence-electron chi connectivity index (χ3n) is 13.2. The highest BCUT2D eigenvalue weighted by Crippen LogP contribution is 2.38. The number of hydrogen-bond donors (Lipinski definition) is 5. The van der Waals surface area contributed by atoms with Crippen molar-refractivity contribution in [2.45, 2.75) is 51.1 Å². The Balaban J connectivity index is 0.966. The number of nitrogens with one attached hydrogen (secondary N) is 1. The summed E-state index contributed by atoms with van der Waals surface area (Å²) >= 11 is 0. The van der Waals surface area contributed by atoms with Gasteiger partial charge in [0, 0.05) is 95.8 Å². The summed E-state index contributed by atoms with van der Waals surface area (Å²) in [6.45, 7) is 4.91. The molecule has 0 aliphatic carbocycles. The number of amides is 1. The highest BCUT2D eigenvalue weighted by molar-refractivity contribution is 5.90. The summed E-state index contributed by atoms with van der Waals surface area (Å²) in [5.74, 6) is -1.42. The third-order valence-corrected chi connectivity index (χ3v) is 13.2. The molecule has 0 radical (unpaired) electrons. The van der Waals surface area contributed by atoms with Gasteiger partial charge in [0.15, 0.2) is 18.5 Å². The fourth-order valence-electron chi connectivity index (χ4n) is 9.38. The molecule has 2 aliphatic rings. The number of carbonyl (C=O) groups excluding carboxylic acids is 1. The molecule has 0 bridgehead atoms. The summed E-state index contributed by atoms with van der Waals surface area (Å²) in [6, 6.07) is 25.8. The van der Waals surface area contributed by atoms with E-state index in [0.717, 1.165) is 78.2 Å². The average Bonchev–Trinajstić information content (AvgIpc) is 3.62. The Morgan fingerprint density at radius 3 is 2.13 bits per heavy atom. The van der Waals surface area contributed by atoms with Crippen molar-refractivity contribution < 1.29 is 53.4 Å². The van der Waals surface area contributed by atoms with Crippen molar-refractivity contribution >= 4 is 52.2 Å². The minimum absolute atomic E-state index is 0.0588. The number of aryl methyl sites for hydroxylation is 1. The smallest absolute Gasteiger partial charge is 0.317 e. The van der Waals surface area contributed by atoms with Gasteiger partial charge in [-0.15, -0.1) is 0 Å². The SMILES string of the molecule is CN1/C(=C/c2cc[n+](CCC[N+](C)(C)CCCCCC(=O)Nc3ccc(CC4CN(CC(=O)O)CCN(CC(=O)O)CCN(CCO)CCN4CC(=O)O)cc3)c3ccccc23)Oc2ccccc21. The van der Waals surface area contributed by atoms with Gasteiger partial charge in [0.2, 0.25) is 17.3 Å². The van der Waals surface area contributed by atoms with Crippen LogP contribution in [0.1, 0.15) is 43.2 Å². The second kappa shape index (κ2) is 25.6. The van der Waals surface area contributed by atoms with Gasteiger partial charge in [-0.1, -0.05) is 36.4 Å². The second-order valence-electron chi connectivity index (χ2n) is 19.0. The third kappa shape index (κ3) is 16.3. The number of aliphatic hydroxyl groups is 1. The Labute approximate surface area is 406 Å². The highest BCUT2D eigenvalue weighted by atomic mass is 16.5. The molecule has 2 aliphatic heterocycles. The van der Waals surface area contributed by atoms with Gasteiger partial charge in [-0.2, -0.15) is 4.57 Å². The molecule has 1 unspecified atom stereocenters. The topological polar surface area (TPSA) is 191 Å². The molecule has 3 heterocycles. The molecule has 17 nitrogen and oxygen atoms in total.